The molecule has 0 unspecified atom stereocenters. The van der Waals surface area contributed by atoms with Crippen molar-refractivity contribution < 1.29 is 14.0 Å². The molecule has 2 aromatic rings. The molecule has 6 heteroatoms. The number of hydrogen-bond acceptors (Lipinski definition) is 3. The Kier molecular flexibility index (Phi) is 5.21. The number of hydrogen-bond donors (Lipinski definition) is 2. The molecule has 26 heavy (non-hydrogen) atoms. The number of anilines is 2. The highest BCUT2D eigenvalue weighted by Crippen LogP contribution is 2.32. The van der Waals surface area contributed by atoms with E-state index >= 15 is 0 Å². The second-order valence-electron chi connectivity index (χ2n) is 6.52. The Bertz CT molecular complexity index is 834. The minimum Gasteiger partial charge on any atom is -0.370 e. The average Bonchev–Trinajstić information content (AvgIpc) is 2.63. The van der Waals surface area contributed by atoms with Crippen molar-refractivity contribution in [2.24, 2.45) is 5.73 Å². The molecule has 1 aliphatic rings. The quantitative estimate of drug-likeness (QED) is 0.866. The van der Waals surface area contributed by atoms with Gasteiger partial charge in [0, 0.05) is 42.0 Å². The summed E-state index contributed by atoms with van der Waals surface area (Å²) >= 11 is 0. The second kappa shape index (κ2) is 7.56. The zero-order chi connectivity index (χ0) is 18.7. The van der Waals surface area contributed by atoms with E-state index < -0.39 is 5.91 Å². The first-order chi connectivity index (χ1) is 12.5. The average molecular weight is 355 g/mol. The number of halogens is 1. The van der Waals surface area contributed by atoms with Crippen molar-refractivity contribution in [3.05, 3.63) is 58.9 Å². The molecular formula is C20H22FN3O2. The number of amides is 2. The lowest BCUT2D eigenvalue weighted by atomic mass is 9.97. The standard InChI is InChI=1S/C20H22FN3O2/c1-13-4-9-17(21)16-3-2-11-24(19(13)16)12-10-18(25)23-15-7-5-14(6-8-15)20(22)26/h4-9H,2-3,10-12H2,1H3,(H2,22,26)(H,23,25). The monoisotopic (exact) mass is 355 g/mol. The Morgan fingerprint density at radius 2 is 1.92 bits per heavy atom. The zero-order valence-corrected chi connectivity index (χ0v) is 14.7. The second-order valence-corrected chi connectivity index (χ2v) is 6.52. The summed E-state index contributed by atoms with van der Waals surface area (Å²) in [5, 5.41) is 2.81. The minimum absolute atomic E-state index is 0.127. The van der Waals surface area contributed by atoms with E-state index in [4.69, 9.17) is 5.73 Å². The van der Waals surface area contributed by atoms with Crippen molar-refractivity contribution in [3.8, 4) is 0 Å². The Hall–Kier alpha value is -2.89. The first-order valence-corrected chi connectivity index (χ1v) is 8.68. The molecule has 0 aliphatic carbocycles. The van der Waals surface area contributed by atoms with Crippen molar-refractivity contribution in [1.29, 1.82) is 0 Å². The van der Waals surface area contributed by atoms with Crippen LogP contribution in [0.15, 0.2) is 36.4 Å². The van der Waals surface area contributed by atoms with Crippen LogP contribution in [-0.2, 0) is 11.2 Å². The zero-order valence-electron chi connectivity index (χ0n) is 14.7. The number of nitrogens with zero attached hydrogens (tertiary/aromatic N) is 1. The van der Waals surface area contributed by atoms with Gasteiger partial charge in [0.25, 0.3) is 0 Å². The SMILES string of the molecule is Cc1ccc(F)c2c1N(CCC(=O)Nc1ccc(C(N)=O)cc1)CCC2. The first kappa shape index (κ1) is 17.9. The van der Waals surface area contributed by atoms with Crippen LogP contribution in [0, 0.1) is 12.7 Å². The number of nitrogens with two attached hydrogens (primary N) is 1. The van der Waals surface area contributed by atoms with Crippen LogP contribution in [0.25, 0.3) is 0 Å². The Morgan fingerprint density at radius 1 is 1.19 bits per heavy atom. The molecule has 0 fully saturated rings. The molecule has 2 aromatic carbocycles. The number of rotatable bonds is 5. The van der Waals surface area contributed by atoms with Gasteiger partial charge < -0.3 is 16.0 Å². The van der Waals surface area contributed by atoms with Gasteiger partial charge in [0.15, 0.2) is 0 Å². The molecule has 0 aromatic heterocycles. The third-order valence-corrected chi connectivity index (χ3v) is 4.66. The lowest BCUT2D eigenvalue weighted by molar-refractivity contribution is -0.116. The predicted octanol–water partition coefficient (Wildman–Crippen LogP) is 3.01. The predicted molar refractivity (Wildman–Crippen MR) is 99.9 cm³/mol. The molecule has 0 saturated heterocycles. The molecule has 5 nitrogen and oxygen atoms in total. The maximum atomic E-state index is 14.1. The van der Waals surface area contributed by atoms with Gasteiger partial charge in [-0.25, -0.2) is 4.39 Å². The van der Waals surface area contributed by atoms with Crippen LogP contribution in [0.4, 0.5) is 15.8 Å². The number of benzene rings is 2. The first-order valence-electron chi connectivity index (χ1n) is 8.68. The molecule has 0 atom stereocenters. The largest absolute Gasteiger partial charge is 0.370 e. The van der Waals surface area contributed by atoms with Crippen molar-refractivity contribution in [1.82, 2.24) is 0 Å². The number of nitrogens with one attached hydrogen (secondary N) is 1. The van der Waals surface area contributed by atoms with E-state index in [1.807, 2.05) is 6.92 Å². The van der Waals surface area contributed by atoms with Crippen LogP contribution in [0.2, 0.25) is 0 Å². The van der Waals surface area contributed by atoms with E-state index in [1.54, 1.807) is 30.3 Å². The summed E-state index contributed by atoms with van der Waals surface area (Å²) in [6.07, 6.45) is 1.91. The van der Waals surface area contributed by atoms with E-state index in [2.05, 4.69) is 10.2 Å². The van der Waals surface area contributed by atoms with Gasteiger partial charge in [0.05, 0.1) is 0 Å². The van der Waals surface area contributed by atoms with Gasteiger partial charge in [-0.1, -0.05) is 6.07 Å². The summed E-state index contributed by atoms with van der Waals surface area (Å²) in [7, 11) is 0. The third-order valence-electron chi connectivity index (χ3n) is 4.66. The van der Waals surface area contributed by atoms with Gasteiger partial charge in [-0.15, -0.1) is 0 Å². The van der Waals surface area contributed by atoms with Crippen LogP contribution in [0.1, 0.15) is 34.3 Å². The van der Waals surface area contributed by atoms with Crippen molar-refractivity contribution in [2.75, 3.05) is 23.3 Å². The summed E-state index contributed by atoms with van der Waals surface area (Å²) < 4.78 is 14.1. The molecule has 0 radical (unpaired) electrons. The van der Waals surface area contributed by atoms with Crippen molar-refractivity contribution in [2.45, 2.75) is 26.2 Å². The highest BCUT2D eigenvalue weighted by molar-refractivity contribution is 5.94. The van der Waals surface area contributed by atoms with Crippen LogP contribution in [-0.4, -0.2) is 24.9 Å². The molecular weight excluding hydrogens is 333 g/mol. The van der Waals surface area contributed by atoms with E-state index in [1.165, 1.54) is 6.07 Å². The summed E-state index contributed by atoms with van der Waals surface area (Å²) in [5.74, 6) is -0.804. The topological polar surface area (TPSA) is 75.4 Å². The van der Waals surface area contributed by atoms with Gasteiger partial charge in [-0.2, -0.15) is 0 Å². The fourth-order valence-electron chi connectivity index (χ4n) is 3.37. The highest BCUT2D eigenvalue weighted by atomic mass is 19.1. The maximum absolute atomic E-state index is 14.1. The Labute approximate surface area is 152 Å². The smallest absolute Gasteiger partial charge is 0.248 e. The number of carbonyl (C=O) groups is 2. The van der Waals surface area contributed by atoms with E-state index in [9.17, 15) is 14.0 Å². The van der Waals surface area contributed by atoms with Crippen LogP contribution < -0.4 is 16.0 Å². The number of primary amides is 1. The Balaban J connectivity index is 1.62. The van der Waals surface area contributed by atoms with Gasteiger partial charge in [-0.05, 0) is 55.7 Å². The fourth-order valence-corrected chi connectivity index (χ4v) is 3.37. The summed E-state index contributed by atoms with van der Waals surface area (Å²) in [4.78, 5) is 25.4. The van der Waals surface area contributed by atoms with Gasteiger partial charge in [0.1, 0.15) is 5.82 Å². The van der Waals surface area contributed by atoms with E-state index in [0.29, 0.717) is 24.2 Å². The molecule has 0 bridgehead atoms. The van der Waals surface area contributed by atoms with Crippen LogP contribution >= 0.6 is 0 Å². The molecule has 2 amide bonds. The lowest BCUT2D eigenvalue weighted by Crippen LogP contribution is -2.33. The molecule has 1 heterocycles. The normalized spacial score (nSPS) is 13.2. The Morgan fingerprint density at radius 3 is 2.62 bits per heavy atom. The third kappa shape index (κ3) is 3.85. The molecule has 1 aliphatic heterocycles. The highest BCUT2D eigenvalue weighted by Gasteiger charge is 2.22. The van der Waals surface area contributed by atoms with Gasteiger partial charge >= 0.3 is 0 Å². The fraction of sp³-hybridized carbons (Fsp3) is 0.300. The van der Waals surface area contributed by atoms with Crippen LogP contribution in [0.3, 0.4) is 0 Å². The molecule has 3 N–H and O–H groups in total. The lowest BCUT2D eigenvalue weighted by Gasteiger charge is -2.33. The van der Waals surface area contributed by atoms with Crippen LogP contribution in [0.5, 0.6) is 0 Å². The van der Waals surface area contributed by atoms with Crippen molar-refractivity contribution >= 4 is 23.2 Å². The molecule has 136 valence electrons. The number of fused-ring (bicyclic) bond motifs is 1. The van der Waals surface area contributed by atoms with E-state index in [0.717, 1.165) is 36.2 Å². The molecule has 0 spiro atoms. The summed E-state index contributed by atoms with van der Waals surface area (Å²) in [5.41, 5.74) is 8.91. The summed E-state index contributed by atoms with van der Waals surface area (Å²) in [6.45, 7) is 3.32. The molecule has 0 saturated carbocycles. The van der Waals surface area contributed by atoms with Crippen molar-refractivity contribution in [3.63, 3.8) is 0 Å². The maximum Gasteiger partial charge on any atom is 0.248 e. The van der Waals surface area contributed by atoms with E-state index in [-0.39, 0.29) is 11.7 Å². The van der Waals surface area contributed by atoms with Gasteiger partial charge in [-0.3, -0.25) is 9.59 Å². The summed E-state index contributed by atoms with van der Waals surface area (Å²) in [6, 6.07) is 9.74. The number of carbonyl (C=O) groups excluding carboxylic acids is 2. The number of aryl methyl sites for hydroxylation is 1. The molecule has 3 rings (SSSR count). The van der Waals surface area contributed by atoms with Gasteiger partial charge in [0.2, 0.25) is 11.8 Å². The minimum atomic E-state index is -0.505.